The topological polar surface area (TPSA) is 81.4 Å². The van der Waals surface area contributed by atoms with Crippen molar-refractivity contribution >= 4 is 17.7 Å². The van der Waals surface area contributed by atoms with Crippen LogP contribution in [-0.4, -0.2) is 37.9 Å². The number of rotatable bonds is 5. The van der Waals surface area contributed by atoms with E-state index in [1.165, 1.54) is 0 Å². The Balaban J connectivity index is 1.50. The highest BCUT2D eigenvalue weighted by atomic mass is 16.5. The molecule has 8 nitrogen and oxygen atoms in total. The van der Waals surface area contributed by atoms with Gasteiger partial charge in [0.25, 0.3) is 0 Å². The molecule has 1 N–H and O–H groups in total. The minimum Gasteiger partial charge on any atom is -0.462 e. The number of nitrogens with zero attached hydrogens (tertiary/aromatic N) is 4. The molecule has 0 aliphatic carbocycles. The molecule has 0 fully saturated rings. The number of urea groups is 1. The van der Waals surface area contributed by atoms with Gasteiger partial charge in [0, 0.05) is 11.8 Å². The highest BCUT2D eigenvalue weighted by Crippen LogP contribution is 2.39. The monoisotopic (exact) mass is 545 g/mol. The summed E-state index contributed by atoms with van der Waals surface area (Å²) in [6, 6.07) is 28.5. The van der Waals surface area contributed by atoms with E-state index < -0.39 is 12.0 Å². The van der Waals surface area contributed by atoms with Gasteiger partial charge in [0.1, 0.15) is 5.82 Å². The normalized spacial score (nSPS) is 14.1. The summed E-state index contributed by atoms with van der Waals surface area (Å²) in [5.74, 6) is 0.415. The minimum absolute atomic E-state index is 0.243. The van der Waals surface area contributed by atoms with Crippen LogP contribution in [0, 0.1) is 13.8 Å². The fourth-order valence-corrected chi connectivity index (χ4v) is 5.41. The number of aromatic nitrogens is 3. The van der Waals surface area contributed by atoms with E-state index in [4.69, 9.17) is 9.84 Å². The molecule has 1 atom stereocenters. The maximum atomic E-state index is 14.3. The molecule has 0 radical (unpaired) electrons. The average molecular weight is 546 g/mol. The molecule has 8 heteroatoms. The first-order chi connectivity index (χ1) is 20.0. The number of carbonyl (C=O) groups excluding carboxylic acids is 2. The second kappa shape index (κ2) is 10.8. The van der Waals surface area contributed by atoms with Crippen LogP contribution in [0.15, 0.2) is 97.2 Å². The second-order valence-electron chi connectivity index (χ2n) is 10.1. The predicted octanol–water partition coefficient (Wildman–Crippen LogP) is 6.59. The molecular weight excluding hydrogens is 514 g/mol. The van der Waals surface area contributed by atoms with Crippen molar-refractivity contribution in [3.63, 3.8) is 0 Å². The third-order valence-electron chi connectivity index (χ3n) is 7.40. The van der Waals surface area contributed by atoms with Gasteiger partial charge >= 0.3 is 12.0 Å². The Labute approximate surface area is 238 Å². The summed E-state index contributed by atoms with van der Waals surface area (Å²) >= 11 is 0. The first-order valence-corrected chi connectivity index (χ1v) is 13.7. The summed E-state index contributed by atoms with van der Waals surface area (Å²) < 4.78 is 9.32. The largest absolute Gasteiger partial charge is 0.462 e. The third kappa shape index (κ3) is 4.78. The van der Waals surface area contributed by atoms with Gasteiger partial charge in [-0.05, 0) is 62.7 Å². The van der Waals surface area contributed by atoms with Crippen molar-refractivity contribution in [2.45, 2.75) is 33.4 Å². The molecular formula is C33H31N5O3. The molecule has 6 rings (SSSR count). The molecule has 3 heterocycles. The molecule has 2 amide bonds. The molecule has 0 saturated heterocycles. The summed E-state index contributed by atoms with van der Waals surface area (Å²) in [6.07, 6.45) is 2.02. The van der Waals surface area contributed by atoms with Crippen molar-refractivity contribution in [1.82, 2.24) is 19.2 Å². The number of ether oxygens (including phenoxy) is 1. The summed E-state index contributed by atoms with van der Waals surface area (Å²) in [6.45, 7) is 6.33. The fourth-order valence-electron chi connectivity index (χ4n) is 5.41. The predicted molar refractivity (Wildman–Crippen MR) is 158 cm³/mol. The minimum atomic E-state index is -0.481. The highest BCUT2D eigenvalue weighted by molar-refractivity contribution is 6.01. The van der Waals surface area contributed by atoms with Crippen LogP contribution in [0.25, 0.3) is 11.5 Å². The Morgan fingerprint density at radius 1 is 0.927 bits per heavy atom. The maximum absolute atomic E-state index is 14.3. The van der Waals surface area contributed by atoms with Gasteiger partial charge in [0.15, 0.2) is 0 Å². The van der Waals surface area contributed by atoms with Crippen molar-refractivity contribution in [1.29, 1.82) is 0 Å². The summed E-state index contributed by atoms with van der Waals surface area (Å²) in [7, 11) is 0. The van der Waals surface area contributed by atoms with Gasteiger partial charge in [0.2, 0.25) is 0 Å². The lowest BCUT2D eigenvalue weighted by atomic mass is 10.0. The molecule has 1 aliphatic rings. The molecule has 0 saturated carbocycles. The zero-order valence-electron chi connectivity index (χ0n) is 23.2. The number of hydrogen-bond donors (Lipinski definition) is 1. The van der Waals surface area contributed by atoms with Gasteiger partial charge in [-0.15, -0.1) is 0 Å². The van der Waals surface area contributed by atoms with Crippen molar-refractivity contribution in [3.05, 3.63) is 131 Å². The number of aryl methyl sites for hydroxylation is 2. The summed E-state index contributed by atoms with van der Waals surface area (Å²) in [4.78, 5) is 28.7. The van der Waals surface area contributed by atoms with Gasteiger partial charge in [-0.3, -0.25) is 0 Å². The quantitative estimate of drug-likeness (QED) is 0.253. The van der Waals surface area contributed by atoms with Gasteiger partial charge < -0.3 is 19.5 Å². The third-order valence-corrected chi connectivity index (χ3v) is 7.40. The van der Waals surface area contributed by atoms with Gasteiger partial charge in [0.05, 0.1) is 47.5 Å². The Morgan fingerprint density at radius 2 is 1.66 bits per heavy atom. The lowest BCUT2D eigenvalue weighted by Crippen LogP contribution is -2.38. The molecule has 41 heavy (non-hydrogen) atoms. The average Bonchev–Trinajstić information content (AvgIpc) is 3.55. The lowest BCUT2D eigenvalue weighted by molar-refractivity contribution is 0.0527. The molecule has 0 spiro atoms. The van der Waals surface area contributed by atoms with Crippen molar-refractivity contribution in [2.24, 2.45) is 0 Å². The Hall–Kier alpha value is -5.11. The van der Waals surface area contributed by atoms with Crippen molar-refractivity contribution < 1.29 is 14.3 Å². The lowest BCUT2D eigenvalue weighted by Gasteiger charge is -2.31. The maximum Gasteiger partial charge on any atom is 0.340 e. The van der Waals surface area contributed by atoms with Gasteiger partial charge in [-0.1, -0.05) is 60.2 Å². The van der Waals surface area contributed by atoms with E-state index in [-0.39, 0.29) is 12.6 Å². The SMILES string of the molecule is CCOC(=O)c1ccccc1NC(=O)N1Cc2c(C)nn(-c3ccccc3)c2-n2cccc2[C@@H]1c1ccc(C)cc1. The molecule has 1 aliphatic heterocycles. The molecule has 2 aromatic heterocycles. The number of amides is 2. The fraction of sp³-hybridized carbons (Fsp3) is 0.182. The van der Waals surface area contributed by atoms with Crippen LogP contribution in [-0.2, 0) is 11.3 Å². The zero-order valence-corrected chi connectivity index (χ0v) is 23.2. The van der Waals surface area contributed by atoms with Crippen LogP contribution in [0.4, 0.5) is 10.5 Å². The number of anilines is 1. The molecule has 0 bridgehead atoms. The number of esters is 1. The molecule has 3 aromatic carbocycles. The van der Waals surface area contributed by atoms with Gasteiger partial charge in [-0.2, -0.15) is 5.10 Å². The first-order valence-electron chi connectivity index (χ1n) is 13.7. The zero-order chi connectivity index (χ0) is 28.5. The Morgan fingerprint density at radius 3 is 2.41 bits per heavy atom. The number of nitrogens with one attached hydrogen (secondary N) is 1. The van der Waals surface area contributed by atoms with Crippen molar-refractivity contribution in [2.75, 3.05) is 11.9 Å². The highest BCUT2D eigenvalue weighted by Gasteiger charge is 2.36. The second-order valence-corrected chi connectivity index (χ2v) is 10.1. The summed E-state index contributed by atoms with van der Waals surface area (Å²) in [5.41, 5.74) is 6.45. The molecule has 206 valence electrons. The van der Waals surface area contributed by atoms with E-state index >= 15 is 0 Å². The number of fused-ring (bicyclic) bond motifs is 3. The van der Waals surface area contributed by atoms with E-state index in [1.54, 1.807) is 31.2 Å². The molecule has 0 unspecified atom stereocenters. The Bertz CT molecular complexity index is 1720. The van der Waals surface area contributed by atoms with E-state index in [9.17, 15) is 9.59 Å². The van der Waals surface area contributed by atoms with Crippen LogP contribution < -0.4 is 5.32 Å². The van der Waals surface area contributed by atoms with Crippen LogP contribution >= 0.6 is 0 Å². The van der Waals surface area contributed by atoms with E-state index in [2.05, 4.69) is 34.1 Å². The summed E-state index contributed by atoms with van der Waals surface area (Å²) in [5, 5.41) is 7.92. The van der Waals surface area contributed by atoms with E-state index in [0.29, 0.717) is 17.8 Å². The van der Waals surface area contributed by atoms with Crippen molar-refractivity contribution in [3.8, 4) is 11.5 Å². The first kappa shape index (κ1) is 26.1. The number of benzene rings is 3. The number of carbonyl (C=O) groups is 2. The smallest absolute Gasteiger partial charge is 0.340 e. The van der Waals surface area contributed by atoms with Crippen LogP contribution in [0.3, 0.4) is 0 Å². The van der Waals surface area contributed by atoms with E-state index in [1.807, 2.05) is 72.1 Å². The van der Waals surface area contributed by atoms with Crippen LogP contribution in [0.5, 0.6) is 0 Å². The molecule has 5 aromatic rings. The number of para-hydroxylation sites is 2. The van der Waals surface area contributed by atoms with E-state index in [0.717, 1.165) is 39.6 Å². The number of hydrogen-bond acceptors (Lipinski definition) is 4. The standard InChI is InChI=1S/C33H31N5O3/c1-4-41-32(39)26-13-8-9-14-28(26)34-33(40)37-21-27-23(3)35-38(25-11-6-5-7-12-25)31(27)36-20-10-15-29(36)30(37)24-18-16-22(2)17-19-24/h5-20,30H,4,21H2,1-3H3,(H,34,40)/t30-/m0/s1. The van der Waals surface area contributed by atoms with Crippen LogP contribution in [0.1, 0.15) is 51.4 Å². The van der Waals surface area contributed by atoms with Gasteiger partial charge in [-0.25, -0.2) is 14.3 Å². The van der Waals surface area contributed by atoms with Crippen LogP contribution in [0.2, 0.25) is 0 Å². The Kier molecular flexibility index (Phi) is 6.89.